The lowest BCUT2D eigenvalue weighted by atomic mass is 10.1. The first kappa shape index (κ1) is 20.4. The molecule has 3 amide bonds. The maximum Gasteiger partial charge on any atom is 0.335 e. The molecule has 3 N–H and O–H groups in total. The van der Waals surface area contributed by atoms with Gasteiger partial charge in [0, 0.05) is 32.1 Å². The molecule has 1 saturated heterocycles. The van der Waals surface area contributed by atoms with Crippen molar-refractivity contribution in [3.05, 3.63) is 71.3 Å². The number of urea groups is 1. The summed E-state index contributed by atoms with van der Waals surface area (Å²) >= 11 is 0. The topological polar surface area (TPSA) is 98.7 Å². The molecule has 7 nitrogen and oxygen atoms in total. The standard InChI is InChI=1S/C22H25N3O4/c26-20(11-8-16-4-2-1-3-5-16)25-13-12-19(15-25)24-22(29)23-14-17-6-9-18(10-7-17)21(27)28/h1-7,9-10,19H,8,11-15H2,(H,27,28)(H2,23,24,29). The van der Waals surface area contributed by atoms with Crippen LogP contribution in [0.25, 0.3) is 0 Å². The molecule has 3 rings (SSSR count). The van der Waals surface area contributed by atoms with E-state index in [0.717, 1.165) is 24.0 Å². The molecule has 0 saturated carbocycles. The van der Waals surface area contributed by atoms with E-state index in [1.54, 1.807) is 17.0 Å². The maximum atomic E-state index is 12.4. The van der Waals surface area contributed by atoms with Crippen molar-refractivity contribution >= 4 is 17.9 Å². The van der Waals surface area contributed by atoms with Gasteiger partial charge >= 0.3 is 12.0 Å². The van der Waals surface area contributed by atoms with Gasteiger partial charge in [0.2, 0.25) is 5.91 Å². The van der Waals surface area contributed by atoms with Crippen LogP contribution in [0.1, 0.15) is 34.3 Å². The Morgan fingerprint density at radius 2 is 1.72 bits per heavy atom. The number of carbonyl (C=O) groups is 3. The van der Waals surface area contributed by atoms with Crippen molar-refractivity contribution in [1.29, 1.82) is 0 Å². The van der Waals surface area contributed by atoms with Crippen molar-refractivity contribution in [2.24, 2.45) is 0 Å². The average molecular weight is 395 g/mol. The molecule has 7 heteroatoms. The minimum Gasteiger partial charge on any atom is -0.478 e. The highest BCUT2D eigenvalue weighted by atomic mass is 16.4. The number of hydrogen-bond donors (Lipinski definition) is 3. The van der Waals surface area contributed by atoms with E-state index in [4.69, 9.17) is 5.11 Å². The minimum atomic E-state index is -0.980. The lowest BCUT2D eigenvalue weighted by Crippen LogP contribution is -2.43. The average Bonchev–Trinajstić information content (AvgIpc) is 3.20. The van der Waals surface area contributed by atoms with Gasteiger partial charge in [0.25, 0.3) is 0 Å². The number of nitrogens with one attached hydrogen (secondary N) is 2. The van der Waals surface area contributed by atoms with Crippen LogP contribution in [0.4, 0.5) is 4.79 Å². The molecule has 1 atom stereocenters. The van der Waals surface area contributed by atoms with E-state index in [1.165, 1.54) is 12.1 Å². The second-order valence-electron chi connectivity index (χ2n) is 7.14. The summed E-state index contributed by atoms with van der Waals surface area (Å²) < 4.78 is 0. The number of aryl methyl sites for hydroxylation is 1. The molecular weight excluding hydrogens is 370 g/mol. The van der Waals surface area contributed by atoms with Gasteiger partial charge in [0.05, 0.1) is 5.56 Å². The van der Waals surface area contributed by atoms with Crippen LogP contribution in [-0.2, 0) is 17.8 Å². The molecular formula is C22H25N3O4. The first-order valence-electron chi connectivity index (χ1n) is 9.69. The number of aromatic carboxylic acids is 1. The number of hydrogen-bond acceptors (Lipinski definition) is 3. The summed E-state index contributed by atoms with van der Waals surface area (Å²) in [4.78, 5) is 37.2. The van der Waals surface area contributed by atoms with Gasteiger partial charge in [-0.3, -0.25) is 4.79 Å². The zero-order valence-electron chi connectivity index (χ0n) is 16.1. The quantitative estimate of drug-likeness (QED) is 0.670. The Kier molecular flexibility index (Phi) is 6.84. The van der Waals surface area contributed by atoms with Gasteiger partial charge in [-0.1, -0.05) is 42.5 Å². The maximum absolute atomic E-state index is 12.4. The molecule has 2 aromatic carbocycles. The Labute approximate surface area is 169 Å². The van der Waals surface area contributed by atoms with Crippen LogP contribution in [-0.4, -0.2) is 47.0 Å². The first-order chi connectivity index (χ1) is 14.0. The third kappa shape index (κ3) is 6.07. The number of carbonyl (C=O) groups excluding carboxylic acids is 2. The normalized spacial score (nSPS) is 15.7. The van der Waals surface area contributed by atoms with Crippen LogP contribution in [0.5, 0.6) is 0 Å². The molecule has 0 spiro atoms. The highest BCUT2D eigenvalue weighted by Gasteiger charge is 2.26. The lowest BCUT2D eigenvalue weighted by Gasteiger charge is -2.17. The highest BCUT2D eigenvalue weighted by molar-refractivity contribution is 5.87. The number of amides is 3. The summed E-state index contributed by atoms with van der Waals surface area (Å²) in [6.45, 7) is 1.47. The Hall–Kier alpha value is -3.35. The summed E-state index contributed by atoms with van der Waals surface area (Å²) in [7, 11) is 0. The summed E-state index contributed by atoms with van der Waals surface area (Å²) in [5.41, 5.74) is 2.17. The van der Waals surface area contributed by atoms with Gasteiger partial charge in [0.1, 0.15) is 0 Å². The van der Waals surface area contributed by atoms with Crippen molar-refractivity contribution in [3.63, 3.8) is 0 Å². The molecule has 1 aliphatic heterocycles. The van der Waals surface area contributed by atoms with Crippen molar-refractivity contribution < 1.29 is 19.5 Å². The number of nitrogens with zero attached hydrogens (tertiary/aromatic N) is 1. The molecule has 1 fully saturated rings. The molecule has 0 bridgehead atoms. The minimum absolute atomic E-state index is 0.0648. The van der Waals surface area contributed by atoms with Crippen molar-refractivity contribution in [2.75, 3.05) is 13.1 Å². The van der Waals surface area contributed by atoms with Crippen LogP contribution in [0.3, 0.4) is 0 Å². The Balaban J connectivity index is 1.38. The van der Waals surface area contributed by atoms with Gasteiger partial charge in [-0.2, -0.15) is 0 Å². The molecule has 0 aromatic heterocycles. The summed E-state index contributed by atoms with van der Waals surface area (Å²) in [6, 6.07) is 15.9. The number of benzene rings is 2. The Morgan fingerprint density at radius 3 is 2.41 bits per heavy atom. The predicted octanol–water partition coefficient (Wildman–Crippen LogP) is 2.42. The number of rotatable bonds is 7. The summed E-state index contributed by atoms with van der Waals surface area (Å²) in [5.74, 6) is -0.872. The smallest absolute Gasteiger partial charge is 0.335 e. The Morgan fingerprint density at radius 1 is 1.00 bits per heavy atom. The molecule has 1 aliphatic rings. The van der Waals surface area contributed by atoms with E-state index in [9.17, 15) is 14.4 Å². The second-order valence-corrected chi connectivity index (χ2v) is 7.14. The van der Waals surface area contributed by atoms with Gasteiger partial charge < -0.3 is 20.6 Å². The van der Waals surface area contributed by atoms with E-state index < -0.39 is 5.97 Å². The molecule has 0 radical (unpaired) electrons. The summed E-state index contributed by atoms with van der Waals surface area (Å²) in [6.07, 6.45) is 1.92. The zero-order valence-corrected chi connectivity index (χ0v) is 16.1. The monoisotopic (exact) mass is 395 g/mol. The third-order valence-electron chi connectivity index (χ3n) is 5.00. The van der Waals surface area contributed by atoms with E-state index in [-0.39, 0.29) is 23.5 Å². The number of likely N-dealkylation sites (tertiary alicyclic amines) is 1. The van der Waals surface area contributed by atoms with Crippen LogP contribution in [0.2, 0.25) is 0 Å². The van der Waals surface area contributed by atoms with Crippen LogP contribution in [0.15, 0.2) is 54.6 Å². The molecule has 0 aliphatic carbocycles. The molecule has 152 valence electrons. The van der Waals surface area contributed by atoms with Crippen molar-refractivity contribution in [2.45, 2.75) is 31.8 Å². The molecule has 29 heavy (non-hydrogen) atoms. The van der Waals surface area contributed by atoms with Crippen LogP contribution >= 0.6 is 0 Å². The fraction of sp³-hybridized carbons (Fsp3) is 0.318. The summed E-state index contributed by atoms with van der Waals surface area (Å²) in [5, 5.41) is 14.6. The van der Waals surface area contributed by atoms with Crippen LogP contribution in [0, 0.1) is 0 Å². The lowest BCUT2D eigenvalue weighted by molar-refractivity contribution is -0.130. The number of carboxylic acids is 1. The fourth-order valence-electron chi connectivity index (χ4n) is 3.34. The van der Waals surface area contributed by atoms with Crippen molar-refractivity contribution in [1.82, 2.24) is 15.5 Å². The second kappa shape index (κ2) is 9.73. The SMILES string of the molecule is O=C(NCc1ccc(C(=O)O)cc1)NC1CCN(C(=O)CCc2ccccc2)C1. The highest BCUT2D eigenvalue weighted by Crippen LogP contribution is 2.12. The Bertz CT molecular complexity index is 852. The van der Waals surface area contributed by atoms with Gasteiger partial charge in [0.15, 0.2) is 0 Å². The van der Waals surface area contributed by atoms with Crippen molar-refractivity contribution in [3.8, 4) is 0 Å². The zero-order chi connectivity index (χ0) is 20.6. The van der Waals surface area contributed by atoms with Gasteiger partial charge in [-0.25, -0.2) is 9.59 Å². The fourth-order valence-corrected chi connectivity index (χ4v) is 3.34. The third-order valence-corrected chi connectivity index (χ3v) is 5.00. The predicted molar refractivity (Wildman–Crippen MR) is 109 cm³/mol. The van der Waals surface area contributed by atoms with Gasteiger partial charge in [-0.05, 0) is 36.1 Å². The van der Waals surface area contributed by atoms with E-state index in [0.29, 0.717) is 26.1 Å². The number of carboxylic acid groups (broad SMARTS) is 1. The molecule has 2 aromatic rings. The molecule has 1 heterocycles. The van der Waals surface area contributed by atoms with E-state index in [1.807, 2.05) is 30.3 Å². The van der Waals surface area contributed by atoms with Gasteiger partial charge in [-0.15, -0.1) is 0 Å². The largest absolute Gasteiger partial charge is 0.478 e. The first-order valence-corrected chi connectivity index (χ1v) is 9.69. The molecule has 1 unspecified atom stereocenters. The van der Waals surface area contributed by atoms with Crippen LogP contribution < -0.4 is 10.6 Å². The van der Waals surface area contributed by atoms with E-state index in [2.05, 4.69) is 10.6 Å². The van der Waals surface area contributed by atoms with E-state index >= 15 is 0 Å².